The summed E-state index contributed by atoms with van der Waals surface area (Å²) in [7, 11) is 3.48. The lowest BCUT2D eigenvalue weighted by molar-refractivity contribution is -0.127. The molecule has 0 radical (unpaired) electrons. The molecule has 2 aromatic carbocycles. The molecular formula is C24H29N3O3. The number of fused-ring (bicyclic) bond motifs is 1. The van der Waals surface area contributed by atoms with Gasteiger partial charge in [-0.2, -0.15) is 0 Å². The molecule has 3 rings (SSSR count). The van der Waals surface area contributed by atoms with E-state index in [1.807, 2.05) is 30.1 Å². The van der Waals surface area contributed by atoms with Gasteiger partial charge in [-0.15, -0.1) is 0 Å². The molecule has 1 heterocycles. The van der Waals surface area contributed by atoms with E-state index in [9.17, 15) is 9.59 Å². The van der Waals surface area contributed by atoms with Crippen molar-refractivity contribution >= 4 is 29.3 Å². The third-order valence-corrected chi connectivity index (χ3v) is 5.09. The highest BCUT2D eigenvalue weighted by molar-refractivity contribution is 6.02. The molecule has 2 aromatic rings. The minimum atomic E-state index is -0.555. The summed E-state index contributed by atoms with van der Waals surface area (Å²) < 4.78 is 5.77. The largest absolute Gasteiger partial charge is 0.477 e. The van der Waals surface area contributed by atoms with Crippen molar-refractivity contribution in [3.63, 3.8) is 0 Å². The van der Waals surface area contributed by atoms with Gasteiger partial charge in [0.05, 0.1) is 12.2 Å². The van der Waals surface area contributed by atoms with Crippen molar-refractivity contribution in [2.45, 2.75) is 32.3 Å². The Hall–Kier alpha value is -3.28. The fourth-order valence-corrected chi connectivity index (χ4v) is 3.28. The van der Waals surface area contributed by atoms with Crippen LogP contribution in [0.15, 0.2) is 48.5 Å². The van der Waals surface area contributed by atoms with Gasteiger partial charge in [0, 0.05) is 25.9 Å². The van der Waals surface area contributed by atoms with Crippen LogP contribution in [-0.4, -0.2) is 38.6 Å². The van der Waals surface area contributed by atoms with E-state index in [1.165, 1.54) is 11.6 Å². The summed E-state index contributed by atoms with van der Waals surface area (Å²) in [6, 6.07) is 13.6. The van der Waals surface area contributed by atoms with E-state index in [1.54, 1.807) is 25.3 Å². The van der Waals surface area contributed by atoms with Crippen LogP contribution in [0.25, 0.3) is 6.08 Å². The molecule has 0 fully saturated rings. The fourth-order valence-electron chi connectivity index (χ4n) is 3.28. The molecule has 158 valence electrons. The average molecular weight is 408 g/mol. The van der Waals surface area contributed by atoms with Crippen molar-refractivity contribution in [1.82, 2.24) is 5.32 Å². The normalized spacial score (nSPS) is 16.0. The number of amides is 2. The van der Waals surface area contributed by atoms with Gasteiger partial charge < -0.3 is 20.3 Å². The van der Waals surface area contributed by atoms with Gasteiger partial charge in [0.2, 0.25) is 5.91 Å². The molecule has 6 heteroatoms. The van der Waals surface area contributed by atoms with E-state index >= 15 is 0 Å². The van der Waals surface area contributed by atoms with Gasteiger partial charge in [0.15, 0.2) is 6.10 Å². The van der Waals surface area contributed by atoms with Crippen molar-refractivity contribution in [3.8, 4) is 5.75 Å². The molecule has 30 heavy (non-hydrogen) atoms. The Bertz CT molecular complexity index is 959. The Morgan fingerprint density at radius 1 is 1.13 bits per heavy atom. The molecule has 0 saturated carbocycles. The summed E-state index contributed by atoms with van der Waals surface area (Å²) in [6.07, 6.45) is 2.76. The lowest BCUT2D eigenvalue weighted by Gasteiger charge is -2.33. The van der Waals surface area contributed by atoms with Crippen LogP contribution in [-0.2, 0) is 15.0 Å². The SMILES string of the molecule is CNC(=O)C1CN(C)c2cc(NC(=O)C=Cc3ccc(C(C)(C)C)cc3)ccc2O1. The first-order chi connectivity index (χ1) is 14.2. The Balaban J connectivity index is 1.66. The number of hydrogen-bond acceptors (Lipinski definition) is 4. The summed E-state index contributed by atoms with van der Waals surface area (Å²) in [6.45, 7) is 6.95. The van der Waals surface area contributed by atoms with Crippen LogP contribution in [0.1, 0.15) is 31.9 Å². The van der Waals surface area contributed by atoms with Gasteiger partial charge in [-0.3, -0.25) is 9.59 Å². The van der Waals surface area contributed by atoms with Gasteiger partial charge in [-0.25, -0.2) is 0 Å². The van der Waals surface area contributed by atoms with Crippen LogP contribution < -0.4 is 20.3 Å². The first-order valence-electron chi connectivity index (χ1n) is 10.0. The number of likely N-dealkylation sites (N-methyl/N-ethyl adjacent to an activating group) is 2. The molecule has 0 bridgehead atoms. The average Bonchev–Trinajstić information content (AvgIpc) is 2.71. The maximum Gasteiger partial charge on any atom is 0.262 e. The molecule has 1 aliphatic heterocycles. The third kappa shape index (κ3) is 5.00. The van der Waals surface area contributed by atoms with E-state index in [2.05, 4.69) is 43.5 Å². The van der Waals surface area contributed by atoms with Gasteiger partial charge in [-0.1, -0.05) is 45.0 Å². The van der Waals surface area contributed by atoms with Crippen molar-refractivity contribution in [3.05, 3.63) is 59.7 Å². The number of benzene rings is 2. The standard InChI is InChI=1S/C24H29N3O3/c1-24(2,3)17-9-6-16(7-10-17)8-13-22(28)26-18-11-12-20-19(14-18)27(5)15-21(30-20)23(29)25-4/h6-14,21H,15H2,1-5H3,(H,25,29)(H,26,28). The Labute approximate surface area is 177 Å². The maximum atomic E-state index is 12.3. The molecule has 0 spiro atoms. The third-order valence-electron chi connectivity index (χ3n) is 5.09. The van der Waals surface area contributed by atoms with E-state index in [0.717, 1.165) is 11.3 Å². The molecule has 0 aliphatic carbocycles. The summed E-state index contributed by atoms with van der Waals surface area (Å²) in [4.78, 5) is 26.2. The molecule has 2 amide bonds. The molecule has 0 saturated heterocycles. The number of nitrogens with zero attached hydrogens (tertiary/aromatic N) is 1. The van der Waals surface area contributed by atoms with Crippen molar-refractivity contribution < 1.29 is 14.3 Å². The highest BCUT2D eigenvalue weighted by Gasteiger charge is 2.28. The molecule has 2 N–H and O–H groups in total. The van der Waals surface area contributed by atoms with E-state index < -0.39 is 6.10 Å². The number of carbonyl (C=O) groups is 2. The lowest BCUT2D eigenvalue weighted by atomic mass is 9.87. The number of carbonyl (C=O) groups excluding carboxylic acids is 2. The van der Waals surface area contributed by atoms with E-state index in [0.29, 0.717) is 18.0 Å². The summed E-state index contributed by atoms with van der Waals surface area (Å²) in [5.74, 6) is 0.243. The van der Waals surface area contributed by atoms with Gasteiger partial charge in [-0.05, 0) is 40.8 Å². The van der Waals surface area contributed by atoms with Crippen molar-refractivity contribution in [1.29, 1.82) is 0 Å². The first kappa shape index (κ1) is 21.4. The highest BCUT2D eigenvalue weighted by atomic mass is 16.5. The summed E-state index contributed by atoms with van der Waals surface area (Å²) in [5, 5.41) is 5.48. The molecule has 1 atom stereocenters. The van der Waals surface area contributed by atoms with Crippen LogP contribution in [0.3, 0.4) is 0 Å². The van der Waals surface area contributed by atoms with Gasteiger partial charge >= 0.3 is 0 Å². The van der Waals surface area contributed by atoms with Crippen LogP contribution in [0, 0.1) is 0 Å². The van der Waals surface area contributed by atoms with Crippen LogP contribution in [0.4, 0.5) is 11.4 Å². The lowest BCUT2D eigenvalue weighted by Crippen LogP contribution is -2.46. The minimum absolute atomic E-state index is 0.100. The second-order valence-corrected chi connectivity index (χ2v) is 8.48. The fraction of sp³-hybridized carbons (Fsp3) is 0.333. The zero-order chi connectivity index (χ0) is 21.9. The topological polar surface area (TPSA) is 70.7 Å². The zero-order valence-electron chi connectivity index (χ0n) is 18.2. The zero-order valence-corrected chi connectivity index (χ0v) is 18.2. The van der Waals surface area contributed by atoms with Crippen molar-refractivity contribution in [2.24, 2.45) is 0 Å². The highest BCUT2D eigenvalue weighted by Crippen LogP contribution is 2.35. The van der Waals surface area contributed by atoms with E-state index in [-0.39, 0.29) is 17.2 Å². The number of nitrogens with one attached hydrogen (secondary N) is 2. The number of hydrogen-bond donors (Lipinski definition) is 2. The van der Waals surface area contributed by atoms with Crippen LogP contribution >= 0.6 is 0 Å². The minimum Gasteiger partial charge on any atom is -0.477 e. The van der Waals surface area contributed by atoms with E-state index in [4.69, 9.17) is 4.74 Å². The van der Waals surface area contributed by atoms with Gasteiger partial charge in [0.25, 0.3) is 5.91 Å². The number of ether oxygens (including phenoxy) is 1. The molecule has 1 aliphatic rings. The summed E-state index contributed by atoms with van der Waals surface area (Å²) in [5.41, 5.74) is 3.82. The Morgan fingerprint density at radius 3 is 2.47 bits per heavy atom. The van der Waals surface area contributed by atoms with Crippen molar-refractivity contribution in [2.75, 3.05) is 30.9 Å². The van der Waals surface area contributed by atoms with Crippen LogP contribution in [0.5, 0.6) is 5.75 Å². The number of rotatable bonds is 4. The monoisotopic (exact) mass is 407 g/mol. The smallest absolute Gasteiger partial charge is 0.262 e. The Kier molecular flexibility index (Phi) is 6.15. The Morgan fingerprint density at radius 2 is 1.83 bits per heavy atom. The quantitative estimate of drug-likeness (QED) is 0.760. The first-order valence-corrected chi connectivity index (χ1v) is 10.0. The van der Waals surface area contributed by atoms with Gasteiger partial charge in [0.1, 0.15) is 5.75 Å². The summed E-state index contributed by atoms with van der Waals surface area (Å²) >= 11 is 0. The number of anilines is 2. The predicted molar refractivity (Wildman–Crippen MR) is 121 cm³/mol. The maximum absolute atomic E-state index is 12.3. The second kappa shape index (κ2) is 8.61. The van der Waals surface area contributed by atoms with Crippen LogP contribution in [0.2, 0.25) is 0 Å². The molecule has 1 unspecified atom stereocenters. The second-order valence-electron chi connectivity index (χ2n) is 8.48. The molecular weight excluding hydrogens is 378 g/mol. The molecule has 0 aromatic heterocycles. The molecule has 6 nitrogen and oxygen atoms in total. The predicted octanol–water partition coefficient (Wildman–Crippen LogP) is 3.58.